The smallest absolute Gasteiger partial charge is 0.0685 e. The van der Waals surface area contributed by atoms with E-state index in [1.165, 1.54) is 32.1 Å². The van der Waals surface area contributed by atoms with Crippen LogP contribution in [0.2, 0.25) is 0 Å². The predicted octanol–water partition coefficient (Wildman–Crippen LogP) is 2.35. The minimum atomic E-state index is 0.253. The third-order valence-electron chi connectivity index (χ3n) is 4.38. The van der Waals surface area contributed by atoms with Crippen LogP contribution in [0.4, 0.5) is 0 Å². The molecule has 2 rings (SSSR count). The SMILES string of the molecule is CCCOCC(NC)C1CCOC2(CCC2)C1. The van der Waals surface area contributed by atoms with Crippen LogP contribution in [0.25, 0.3) is 0 Å². The summed E-state index contributed by atoms with van der Waals surface area (Å²) in [4.78, 5) is 0. The van der Waals surface area contributed by atoms with Gasteiger partial charge in [-0.1, -0.05) is 6.92 Å². The van der Waals surface area contributed by atoms with Crippen molar-refractivity contribution >= 4 is 0 Å². The van der Waals surface area contributed by atoms with E-state index in [0.29, 0.717) is 6.04 Å². The molecule has 2 atom stereocenters. The van der Waals surface area contributed by atoms with Gasteiger partial charge >= 0.3 is 0 Å². The Hall–Kier alpha value is -0.120. The number of nitrogens with one attached hydrogen (secondary N) is 1. The van der Waals surface area contributed by atoms with Gasteiger partial charge in [-0.05, 0) is 51.5 Å². The molecule has 1 N–H and O–H groups in total. The zero-order valence-corrected chi connectivity index (χ0v) is 11.3. The van der Waals surface area contributed by atoms with Gasteiger partial charge in [-0.3, -0.25) is 0 Å². The molecule has 100 valence electrons. The van der Waals surface area contributed by atoms with Gasteiger partial charge in [0.05, 0.1) is 12.2 Å². The summed E-state index contributed by atoms with van der Waals surface area (Å²) in [5, 5.41) is 3.44. The molecule has 1 saturated heterocycles. The highest BCUT2D eigenvalue weighted by atomic mass is 16.5. The first kappa shape index (κ1) is 13.3. The first-order chi connectivity index (χ1) is 8.29. The maximum atomic E-state index is 5.98. The lowest BCUT2D eigenvalue weighted by Crippen LogP contribution is -2.50. The Kier molecular flexibility index (Phi) is 4.83. The second-order valence-corrected chi connectivity index (χ2v) is 5.61. The molecule has 1 saturated carbocycles. The standard InChI is InChI=1S/C14H27NO2/c1-3-8-16-11-13(15-2)12-5-9-17-14(10-12)6-4-7-14/h12-13,15H,3-11H2,1-2H3. The lowest BCUT2D eigenvalue weighted by Gasteiger charge is -2.48. The zero-order chi connectivity index (χ0) is 12.1. The Bertz CT molecular complexity index is 228. The molecule has 1 aliphatic carbocycles. The van der Waals surface area contributed by atoms with Crippen molar-refractivity contribution < 1.29 is 9.47 Å². The molecule has 2 fully saturated rings. The molecule has 17 heavy (non-hydrogen) atoms. The molecule has 0 aromatic heterocycles. The summed E-state index contributed by atoms with van der Waals surface area (Å²) >= 11 is 0. The van der Waals surface area contributed by atoms with Crippen LogP contribution in [0.15, 0.2) is 0 Å². The van der Waals surface area contributed by atoms with Gasteiger partial charge in [0, 0.05) is 19.3 Å². The highest BCUT2D eigenvalue weighted by Crippen LogP contribution is 2.44. The molecular weight excluding hydrogens is 214 g/mol. The first-order valence-corrected chi connectivity index (χ1v) is 7.18. The fourth-order valence-corrected chi connectivity index (χ4v) is 3.14. The first-order valence-electron chi connectivity index (χ1n) is 7.18. The number of hydrogen-bond donors (Lipinski definition) is 1. The van der Waals surface area contributed by atoms with Crippen molar-refractivity contribution in [2.75, 3.05) is 26.9 Å². The van der Waals surface area contributed by atoms with E-state index in [4.69, 9.17) is 9.47 Å². The largest absolute Gasteiger partial charge is 0.380 e. The average molecular weight is 241 g/mol. The molecular formula is C14H27NO2. The summed E-state index contributed by atoms with van der Waals surface area (Å²) in [5.41, 5.74) is 0.253. The molecule has 2 aliphatic rings. The number of ether oxygens (including phenoxy) is 2. The van der Waals surface area contributed by atoms with Gasteiger partial charge in [-0.2, -0.15) is 0 Å². The molecule has 0 aromatic carbocycles. The van der Waals surface area contributed by atoms with Crippen molar-refractivity contribution in [1.82, 2.24) is 5.32 Å². The fourth-order valence-electron chi connectivity index (χ4n) is 3.14. The third kappa shape index (κ3) is 3.21. The van der Waals surface area contributed by atoms with Crippen LogP contribution in [0.1, 0.15) is 45.4 Å². The topological polar surface area (TPSA) is 30.5 Å². The number of hydrogen-bond acceptors (Lipinski definition) is 3. The van der Waals surface area contributed by atoms with Crippen LogP contribution in [-0.4, -0.2) is 38.5 Å². The van der Waals surface area contributed by atoms with Crippen LogP contribution in [-0.2, 0) is 9.47 Å². The van der Waals surface area contributed by atoms with Gasteiger partial charge in [0.2, 0.25) is 0 Å². The van der Waals surface area contributed by atoms with E-state index in [1.807, 2.05) is 0 Å². The molecule has 0 bridgehead atoms. The second-order valence-electron chi connectivity index (χ2n) is 5.61. The maximum absolute atomic E-state index is 5.98. The summed E-state index contributed by atoms with van der Waals surface area (Å²) in [6, 6.07) is 0.503. The van der Waals surface area contributed by atoms with Crippen LogP contribution >= 0.6 is 0 Å². The fraction of sp³-hybridized carbons (Fsp3) is 1.00. The quantitative estimate of drug-likeness (QED) is 0.724. The minimum Gasteiger partial charge on any atom is -0.380 e. The molecule has 0 amide bonds. The monoisotopic (exact) mass is 241 g/mol. The summed E-state index contributed by atoms with van der Waals surface area (Å²) in [6.07, 6.45) is 7.42. The van der Waals surface area contributed by atoms with E-state index >= 15 is 0 Å². The zero-order valence-electron chi connectivity index (χ0n) is 11.3. The van der Waals surface area contributed by atoms with Crippen LogP contribution in [0, 0.1) is 5.92 Å². The van der Waals surface area contributed by atoms with E-state index < -0.39 is 0 Å². The average Bonchev–Trinajstić information content (AvgIpc) is 2.33. The summed E-state index contributed by atoms with van der Waals surface area (Å²) in [5.74, 6) is 0.728. The normalized spacial score (nSPS) is 28.9. The highest BCUT2D eigenvalue weighted by Gasteiger charge is 2.44. The predicted molar refractivity (Wildman–Crippen MR) is 69.2 cm³/mol. The Morgan fingerprint density at radius 3 is 2.88 bits per heavy atom. The molecule has 1 spiro atoms. The molecule has 1 aliphatic heterocycles. The molecule has 0 radical (unpaired) electrons. The summed E-state index contributed by atoms with van der Waals surface area (Å²) in [6.45, 7) is 4.83. The third-order valence-corrected chi connectivity index (χ3v) is 4.38. The van der Waals surface area contributed by atoms with Crippen molar-refractivity contribution in [3.8, 4) is 0 Å². The molecule has 2 unspecified atom stereocenters. The van der Waals surface area contributed by atoms with E-state index in [1.54, 1.807) is 0 Å². The van der Waals surface area contributed by atoms with Gasteiger partial charge in [0.1, 0.15) is 0 Å². The van der Waals surface area contributed by atoms with Crippen molar-refractivity contribution in [3.05, 3.63) is 0 Å². The van der Waals surface area contributed by atoms with Crippen molar-refractivity contribution in [2.24, 2.45) is 5.92 Å². The Morgan fingerprint density at radius 2 is 2.29 bits per heavy atom. The van der Waals surface area contributed by atoms with Crippen molar-refractivity contribution in [2.45, 2.75) is 57.1 Å². The van der Waals surface area contributed by atoms with Gasteiger partial charge in [0.15, 0.2) is 0 Å². The van der Waals surface area contributed by atoms with Gasteiger partial charge in [-0.25, -0.2) is 0 Å². The number of rotatable bonds is 6. The van der Waals surface area contributed by atoms with Crippen molar-refractivity contribution in [3.63, 3.8) is 0 Å². The number of likely N-dealkylation sites (N-methyl/N-ethyl adjacent to an activating group) is 1. The van der Waals surface area contributed by atoms with Crippen LogP contribution < -0.4 is 5.32 Å². The summed E-state index contributed by atoms with van der Waals surface area (Å²) < 4.78 is 11.7. The van der Waals surface area contributed by atoms with Gasteiger partial charge in [-0.15, -0.1) is 0 Å². The molecule has 3 heteroatoms. The van der Waals surface area contributed by atoms with Gasteiger partial charge < -0.3 is 14.8 Å². The summed E-state index contributed by atoms with van der Waals surface area (Å²) in [7, 11) is 2.06. The lowest BCUT2D eigenvalue weighted by molar-refractivity contribution is -0.149. The molecule has 1 heterocycles. The van der Waals surface area contributed by atoms with E-state index in [2.05, 4.69) is 19.3 Å². The van der Waals surface area contributed by atoms with E-state index in [-0.39, 0.29) is 5.60 Å². The van der Waals surface area contributed by atoms with E-state index in [9.17, 15) is 0 Å². The van der Waals surface area contributed by atoms with Gasteiger partial charge in [0.25, 0.3) is 0 Å². The van der Waals surface area contributed by atoms with Crippen molar-refractivity contribution in [1.29, 1.82) is 0 Å². The molecule has 3 nitrogen and oxygen atoms in total. The van der Waals surface area contributed by atoms with E-state index in [0.717, 1.165) is 32.2 Å². The maximum Gasteiger partial charge on any atom is 0.0685 e. The Morgan fingerprint density at radius 1 is 1.47 bits per heavy atom. The molecule has 0 aromatic rings. The Labute approximate surface area is 105 Å². The highest BCUT2D eigenvalue weighted by molar-refractivity contribution is 4.96. The van der Waals surface area contributed by atoms with Crippen LogP contribution in [0.3, 0.4) is 0 Å². The lowest BCUT2D eigenvalue weighted by atomic mass is 9.70. The van der Waals surface area contributed by atoms with Crippen LogP contribution in [0.5, 0.6) is 0 Å². The minimum absolute atomic E-state index is 0.253. The Balaban J connectivity index is 1.81. The second kappa shape index (κ2) is 6.17.